The van der Waals surface area contributed by atoms with Crippen LogP contribution in [0.3, 0.4) is 0 Å². The van der Waals surface area contributed by atoms with Gasteiger partial charge in [-0.05, 0) is 25.0 Å². The van der Waals surface area contributed by atoms with Crippen LogP contribution in [-0.2, 0) is 0 Å². The molecule has 1 unspecified atom stereocenters. The Bertz CT molecular complexity index is 308. The number of pyridine rings is 1. The monoisotopic (exact) mass is 195 g/mol. The Morgan fingerprint density at radius 3 is 2.86 bits per heavy atom. The Morgan fingerprint density at radius 2 is 2.36 bits per heavy atom. The van der Waals surface area contributed by atoms with Crippen LogP contribution in [0.25, 0.3) is 0 Å². The van der Waals surface area contributed by atoms with E-state index < -0.39 is 11.9 Å². The predicted octanol–water partition coefficient (Wildman–Crippen LogP) is 2.61. The van der Waals surface area contributed by atoms with E-state index in [1.54, 1.807) is 0 Å². The van der Waals surface area contributed by atoms with Crippen molar-refractivity contribution < 1.29 is 9.50 Å². The first-order valence-electron chi connectivity index (χ1n) is 4.59. The third-order valence-corrected chi connectivity index (χ3v) is 2.07. The molecule has 0 saturated heterocycles. The summed E-state index contributed by atoms with van der Waals surface area (Å²) in [6, 6.07) is 2.78. The summed E-state index contributed by atoms with van der Waals surface area (Å²) < 4.78 is 12.5. The van der Waals surface area contributed by atoms with Crippen LogP contribution in [0.15, 0.2) is 30.5 Å². The second-order valence-corrected chi connectivity index (χ2v) is 3.22. The molecular weight excluding hydrogens is 181 g/mol. The topological polar surface area (TPSA) is 33.1 Å². The van der Waals surface area contributed by atoms with Crippen molar-refractivity contribution in [1.29, 1.82) is 0 Å². The number of aromatic nitrogens is 1. The summed E-state index contributed by atoms with van der Waals surface area (Å²) >= 11 is 0. The highest BCUT2D eigenvalue weighted by atomic mass is 19.1. The van der Waals surface area contributed by atoms with E-state index in [1.165, 1.54) is 12.1 Å². The molecule has 1 aromatic rings. The molecule has 0 bridgehead atoms. The van der Waals surface area contributed by atoms with Gasteiger partial charge < -0.3 is 5.11 Å². The maximum atomic E-state index is 12.5. The van der Waals surface area contributed by atoms with Crippen molar-refractivity contribution in [1.82, 2.24) is 4.98 Å². The van der Waals surface area contributed by atoms with Crippen LogP contribution in [-0.4, -0.2) is 10.1 Å². The number of hydrogen-bond acceptors (Lipinski definition) is 2. The Kier molecular flexibility index (Phi) is 3.77. The summed E-state index contributed by atoms with van der Waals surface area (Å²) in [6.45, 7) is 5.77. The number of nitrogens with zero attached hydrogens (tertiary/aromatic N) is 1. The van der Waals surface area contributed by atoms with Crippen LogP contribution >= 0.6 is 0 Å². The maximum Gasteiger partial charge on any atom is 0.141 e. The molecule has 0 amide bonds. The fourth-order valence-corrected chi connectivity index (χ4v) is 1.11. The average Bonchev–Trinajstić information content (AvgIpc) is 2.18. The first kappa shape index (κ1) is 10.9. The van der Waals surface area contributed by atoms with Gasteiger partial charge in [0.05, 0.1) is 18.0 Å². The summed E-state index contributed by atoms with van der Waals surface area (Å²) in [6.07, 6.45) is 1.74. The van der Waals surface area contributed by atoms with E-state index in [4.69, 9.17) is 0 Å². The Morgan fingerprint density at radius 1 is 1.64 bits per heavy atom. The number of aliphatic hydroxyl groups is 1. The normalized spacial score (nSPS) is 12.5. The minimum absolute atomic E-state index is 0.393. The molecule has 3 heteroatoms. The average molecular weight is 195 g/mol. The Hall–Kier alpha value is -1.22. The lowest BCUT2D eigenvalue weighted by Gasteiger charge is -2.10. The van der Waals surface area contributed by atoms with Crippen molar-refractivity contribution in [2.75, 3.05) is 0 Å². The van der Waals surface area contributed by atoms with Gasteiger partial charge in [0.2, 0.25) is 0 Å². The van der Waals surface area contributed by atoms with Crippen molar-refractivity contribution >= 4 is 0 Å². The second kappa shape index (κ2) is 4.86. The van der Waals surface area contributed by atoms with E-state index in [9.17, 15) is 9.50 Å². The van der Waals surface area contributed by atoms with E-state index in [-0.39, 0.29) is 0 Å². The first-order chi connectivity index (χ1) is 6.63. The van der Waals surface area contributed by atoms with Crippen molar-refractivity contribution in [3.8, 4) is 0 Å². The van der Waals surface area contributed by atoms with Crippen LogP contribution in [0.1, 0.15) is 31.6 Å². The molecule has 0 spiro atoms. The van der Waals surface area contributed by atoms with Crippen LogP contribution in [0.4, 0.5) is 4.39 Å². The highest BCUT2D eigenvalue weighted by Gasteiger charge is 2.09. The highest BCUT2D eigenvalue weighted by molar-refractivity contribution is 5.10. The first-order valence-corrected chi connectivity index (χ1v) is 4.59. The van der Waals surface area contributed by atoms with Gasteiger partial charge in [-0.1, -0.05) is 19.1 Å². The molecule has 1 rings (SSSR count). The zero-order chi connectivity index (χ0) is 10.6. The molecule has 0 aliphatic rings. The molecule has 0 aliphatic carbocycles. The largest absolute Gasteiger partial charge is 0.386 e. The lowest BCUT2D eigenvalue weighted by Crippen LogP contribution is -2.01. The summed E-state index contributed by atoms with van der Waals surface area (Å²) in [5.41, 5.74) is 1.45. The van der Waals surface area contributed by atoms with Gasteiger partial charge >= 0.3 is 0 Å². The lowest BCUT2D eigenvalue weighted by atomic mass is 10.1. The summed E-state index contributed by atoms with van der Waals surface area (Å²) in [5, 5.41) is 9.67. The quantitative estimate of drug-likeness (QED) is 0.749. The third-order valence-electron chi connectivity index (χ3n) is 2.07. The minimum Gasteiger partial charge on any atom is -0.386 e. The highest BCUT2D eigenvalue weighted by Crippen LogP contribution is 2.19. The second-order valence-electron chi connectivity index (χ2n) is 3.22. The fourth-order valence-electron chi connectivity index (χ4n) is 1.11. The molecule has 0 aliphatic heterocycles. The van der Waals surface area contributed by atoms with Crippen LogP contribution < -0.4 is 0 Å². The molecule has 0 saturated carbocycles. The zero-order valence-corrected chi connectivity index (χ0v) is 8.20. The van der Waals surface area contributed by atoms with E-state index >= 15 is 0 Å². The smallest absolute Gasteiger partial charge is 0.141 e. The number of rotatable bonds is 4. The molecule has 0 radical (unpaired) electrons. The minimum atomic E-state index is -0.678. The van der Waals surface area contributed by atoms with Gasteiger partial charge in [0.25, 0.3) is 0 Å². The van der Waals surface area contributed by atoms with Crippen molar-refractivity contribution in [2.24, 2.45) is 0 Å². The molecule has 1 heterocycles. The molecular formula is C11H14FNO. The summed E-state index contributed by atoms with van der Waals surface area (Å²) in [7, 11) is 0. The fraction of sp³-hybridized carbons (Fsp3) is 0.364. The van der Waals surface area contributed by atoms with Crippen LogP contribution in [0.5, 0.6) is 0 Å². The van der Waals surface area contributed by atoms with E-state index in [0.29, 0.717) is 12.1 Å². The van der Waals surface area contributed by atoms with Gasteiger partial charge in [-0.25, -0.2) is 4.39 Å². The molecule has 1 atom stereocenters. The van der Waals surface area contributed by atoms with E-state index in [0.717, 1.165) is 18.2 Å². The van der Waals surface area contributed by atoms with Crippen LogP contribution in [0, 0.1) is 5.82 Å². The van der Waals surface area contributed by atoms with E-state index in [1.807, 2.05) is 6.92 Å². The predicted molar refractivity (Wildman–Crippen MR) is 53.2 cm³/mol. The Labute approximate surface area is 83.1 Å². The van der Waals surface area contributed by atoms with Gasteiger partial charge in [-0.3, -0.25) is 4.98 Å². The SMILES string of the molecule is C=C(CC)CC(O)c1ccc(F)cn1. The van der Waals surface area contributed by atoms with Crippen molar-refractivity contribution in [3.05, 3.63) is 42.0 Å². The van der Waals surface area contributed by atoms with Gasteiger partial charge in [0, 0.05) is 0 Å². The molecule has 0 aromatic carbocycles. The lowest BCUT2D eigenvalue weighted by molar-refractivity contribution is 0.172. The number of hydrogen-bond donors (Lipinski definition) is 1. The zero-order valence-electron chi connectivity index (χ0n) is 8.20. The molecule has 14 heavy (non-hydrogen) atoms. The number of aliphatic hydroxyl groups excluding tert-OH is 1. The Balaban J connectivity index is 2.65. The van der Waals surface area contributed by atoms with Crippen molar-refractivity contribution in [3.63, 3.8) is 0 Å². The molecule has 1 N–H and O–H groups in total. The molecule has 76 valence electrons. The molecule has 2 nitrogen and oxygen atoms in total. The van der Waals surface area contributed by atoms with Gasteiger partial charge in [0.15, 0.2) is 0 Å². The third kappa shape index (κ3) is 2.92. The molecule has 0 fully saturated rings. The van der Waals surface area contributed by atoms with Gasteiger partial charge in [-0.2, -0.15) is 0 Å². The summed E-state index contributed by atoms with van der Waals surface area (Å²) in [5.74, 6) is -0.393. The number of halogens is 1. The van der Waals surface area contributed by atoms with Crippen LogP contribution in [0.2, 0.25) is 0 Å². The van der Waals surface area contributed by atoms with E-state index in [2.05, 4.69) is 11.6 Å². The molecule has 1 aromatic heterocycles. The standard InChI is InChI=1S/C11H14FNO/c1-3-8(2)6-11(14)10-5-4-9(12)7-13-10/h4-5,7,11,14H,2-3,6H2,1H3. The van der Waals surface area contributed by atoms with Gasteiger partial charge in [-0.15, -0.1) is 0 Å². The van der Waals surface area contributed by atoms with Crippen molar-refractivity contribution in [2.45, 2.75) is 25.9 Å². The maximum absolute atomic E-state index is 12.5. The van der Waals surface area contributed by atoms with Gasteiger partial charge in [0.1, 0.15) is 5.82 Å². The summed E-state index contributed by atoms with van der Waals surface area (Å²) in [4.78, 5) is 3.80.